The molecule has 8 heteroatoms. The van der Waals surface area contributed by atoms with Gasteiger partial charge in [-0.15, -0.1) is 0 Å². The molecule has 2 aliphatic rings. The molecule has 2 bridgehead atoms. The minimum absolute atomic E-state index is 0.0101. The standard InChI is InChI=1S/C23H24FN5O2/c1-23-10-21(31-2)18(28-23)8-14(22(23)24)7-15-11-27-19(12-26-15)17-4-3-16(9-20(17)30)29-6-5-25-13-29/h3-7,9,11-13,18,21-22,28,30H,8,10H2,1-2H3/b14-7+/t18-,21+,22-,23-/m0/s1. The topological polar surface area (TPSA) is 85.1 Å². The summed E-state index contributed by atoms with van der Waals surface area (Å²) in [7, 11) is 1.68. The maximum atomic E-state index is 15.2. The van der Waals surface area contributed by atoms with Gasteiger partial charge in [-0.1, -0.05) is 0 Å². The van der Waals surface area contributed by atoms with Crippen LogP contribution in [0.5, 0.6) is 5.75 Å². The first-order chi connectivity index (χ1) is 15.0. The van der Waals surface area contributed by atoms with Gasteiger partial charge in [-0.05, 0) is 43.5 Å². The number of imidazole rings is 1. The summed E-state index contributed by atoms with van der Waals surface area (Å²) in [5, 5.41) is 13.8. The van der Waals surface area contributed by atoms with Crippen LogP contribution in [-0.4, -0.2) is 55.6 Å². The van der Waals surface area contributed by atoms with Crippen LogP contribution in [0.1, 0.15) is 25.5 Å². The smallest absolute Gasteiger partial charge is 0.139 e. The van der Waals surface area contributed by atoms with Crippen molar-refractivity contribution in [2.45, 2.75) is 43.6 Å². The van der Waals surface area contributed by atoms with Gasteiger partial charge in [-0.3, -0.25) is 9.97 Å². The summed E-state index contributed by atoms with van der Waals surface area (Å²) in [5.74, 6) is 0.101. The predicted molar refractivity (Wildman–Crippen MR) is 114 cm³/mol. The normalized spacial score (nSPS) is 28.9. The van der Waals surface area contributed by atoms with E-state index in [1.54, 1.807) is 61.0 Å². The fourth-order valence-corrected chi connectivity index (χ4v) is 4.69. The van der Waals surface area contributed by atoms with Gasteiger partial charge >= 0.3 is 0 Å². The van der Waals surface area contributed by atoms with Gasteiger partial charge in [0.2, 0.25) is 0 Å². The van der Waals surface area contributed by atoms with Crippen molar-refractivity contribution in [2.75, 3.05) is 7.11 Å². The number of methoxy groups -OCH3 is 1. The number of benzene rings is 1. The molecule has 1 aromatic carbocycles. The Bertz CT molecular complexity index is 1120. The molecule has 31 heavy (non-hydrogen) atoms. The van der Waals surface area contributed by atoms with Crippen molar-refractivity contribution in [3.05, 3.63) is 60.6 Å². The number of nitrogens with one attached hydrogen (secondary N) is 1. The second kappa shape index (κ2) is 7.55. The lowest BCUT2D eigenvalue weighted by molar-refractivity contribution is 0.0915. The second-order valence-electron chi connectivity index (χ2n) is 8.43. The Kier molecular flexibility index (Phi) is 4.83. The van der Waals surface area contributed by atoms with E-state index in [1.165, 1.54) is 0 Å². The monoisotopic (exact) mass is 421 g/mol. The molecule has 0 unspecified atom stereocenters. The summed E-state index contributed by atoms with van der Waals surface area (Å²) >= 11 is 0. The number of rotatable bonds is 4. The van der Waals surface area contributed by atoms with Crippen molar-refractivity contribution in [1.29, 1.82) is 0 Å². The molecule has 4 heterocycles. The first-order valence-electron chi connectivity index (χ1n) is 10.3. The molecule has 2 aromatic heterocycles. The molecular formula is C23H24FN5O2. The molecule has 0 amide bonds. The Balaban J connectivity index is 1.38. The van der Waals surface area contributed by atoms with E-state index in [1.807, 2.05) is 13.0 Å². The molecule has 4 atom stereocenters. The van der Waals surface area contributed by atoms with E-state index in [0.717, 1.165) is 5.69 Å². The van der Waals surface area contributed by atoms with E-state index in [4.69, 9.17) is 4.74 Å². The number of piperidine rings is 1. The Morgan fingerprint density at radius 2 is 2.19 bits per heavy atom. The SMILES string of the molecule is CO[C@@H]1C[C@]2(C)N[C@H]1C/C(=C\c1cnc(-c3ccc(-n4ccnc4)cc3O)cn1)[C@@H]2F. The first kappa shape index (κ1) is 19.8. The summed E-state index contributed by atoms with van der Waals surface area (Å²) in [4.78, 5) is 12.9. The molecule has 2 saturated heterocycles. The number of hydrogen-bond acceptors (Lipinski definition) is 6. The number of ether oxygens (including phenoxy) is 1. The maximum absolute atomic E-state index is 15.2. The van der Waals surface area contributed by atoms with Crippen molar-refractivity contribution in [3.63, 3.8) is 0 Å². The van der Waals surface area contributed by atoms with E-state index < -0.39 is 11.7 Å². The molecule has 160 valence electrons. The van der Waals surface area contributed by atoms with Crippen LogP contribution in [0.3, 0.4) is 0 Å². The first-order valence-corrected chi connectivity index (χ1v) is 10.3. The highest BCUT2D eigenvalue weighted by molar-refractivity contribution is 5.68. The van der Waals surface area contributed by atoms with Crippen LogP contribution >= 0.6 is 0 Å². The third kappa shape index (κ3) is 3.51. The Morgan fingerprint density at radius 3 is 2.87 bits per heavy atom. The lowest BCUT2D eigenvalue weighted by atomic mass is 9.86. The van der Waals surface area contributed by atoms with Gasteiger partial charge in [0.15, 0.2) is 0 Å². The number of aromatic hydroxyl groups is 1. The molecular weight excluding hydrogens is 397 g/mol. The molecule has 2 N–H and O–H groups in total. The van der Waals surface area contributed by atoms with Crippen LogP contribution in [0.4, 0.5) is 4.39 Å². The van der Waals surface area contributed by atoms with Crippen LogP contribution in [0.2, 0.25) is 0 Å². The maximum Gasteiger partial charge on any atom is 0.139 e. The van der Waals surface area contributed by atoms with Crippen LogP contribution in [-0.2, 0) is 4.74 Å². The molecule has 5 rings (SSSR count). The summed E-state index contributed by atoms with van der Waals surface area (Å²) in [6, 6.07) is 5.42. The lowest BCUT2D eigenvalue weighted by Gasteiger charge is -2.36. The number of phenols is 1. The second-order valence-corrected chi connectivity index (χ2v) is 8.43. The Hall–Kier alpha value is -3.10. The van der Waals surface area contributed by atoms with Gasteiger partial charge < -0.3 is 19.7 Å². The van der Waals surface area contributed by atoms with Gasteiger partial charge in [-0.25, -0.2) is 9.37 Å². The van der Waals surface area contributed by atoms with Gasteiger partial charge in [0, 0.05) is 37.2 Å². The zero-order chi connectivity index (χ0) is 21.6. The largest absolute Gasteiger partial charge is 0.507 e. The van der Waals surface area contributed by atoms with Crippen molar-refractivity contribution in [1.82, 2.24) is 24.8 Å². The van der Waals surface area contributed by atoms with Crippen LogP contribution < -0.4 is 5.32 Å². The van der Waals surface area contributed by atoms with Gasteiger partial charge in [0.1, 0.15) is 11.9 Å². The highest BCUT2D eigenvalue weighted by Gasteiger charge is 2.52. The van der Waals surface area contributed by atoms with Crippen LogP contribution in [0, 0.1) is 0 Å². The molecule has 3 aromatic rings. The van der Waals surface area contributed by atoms with Gasteiger partial charge in [0.05, 0.1) is 47.4 Å². The predicted octanol–water partition coefficient (Wildman–Crippen LogP) is 3.30. The molecule has 0 aliphatic carbocycles. The summed E-state index contributed by atoms with van der Waals surface area (Å²) in [6.07, 6.45) is 10.3. The number of phenolic OH excluding ortho intramolecular Hbond substituents is 1. The zero-order valence-electron chi connectivity index (χ0n) is 17.4. The van der Waals surface area contributed by atoms with Crippen molar-refractivity contribution in [2.24, 2.45) is 0 Å². The molecule has 2 fully saturated rings. The fourth-order valence-electron chi connectivity index (χ4n) is 4.69. The van der Waals surface area contributed by atoms with E-state index in [2.05, 4.69) is 20.3 Å². The number of halogens is 1. The highest BCUT2D eigenvalue weighted by Crippen LogP contribution is 2.42. The minimum atomic E-state index is -1.11. The highest BCUT2D eigenvalue weighted by atomic mass is 19.1. The van der Waals surface area contributed by atoms with E-state index in [-0.39, 0.29) is 17.9 Å². The third-order valence-corrected chi connectivity index (χ3v) is 6.30. The fraction of sp³-hybridized carbons (Fsp3) is 0.348. The average molecular weight is 421 g/mol. The van der Waals surface area contributed by atoms with Crippen LogP contribution in [0.25, 0.3) is 23.0 Å². The Morgan fingerprint density at radius 1 is 1.32 bits per heavy atom. The summed E-state index contributed by atoms with van der Waals surface area (Å²) < 4.78 is 22.5. The number of hydrogen-bond donors (Lipinski definition) is 2. The minimum Gasteiger partial charge on any atom is -0.507 e. The Labute approximate surface area is 179 Å². The van der Waals surface area contributed by atoms with Gasteiger partial charge in [0.25, 0.3) is 0 Å². The third-order valence-electron chi connectivity index (χ3n) is 6.30. The number of nitrogens with zero attached hydrogens (tertiary/aromatic N) is 4. The molecule has 0 spiro atoms. The molecule has 0 radical (unpaired) electrons. The van der Waals surface area contributed by atoms with Gasteiger partial charge in [-0.2, -0.15) is 0 Å². The number of aromatic nitrogens is 4. The quantitative estimate of drug-likeness (QED) is 0.673. The van der Waals surface area contributed by atoms with Crippen molar-refractivity contribution in [3.8, 4) is 22.7 Å². The number of fused-ring (bicyclic) bond motifs is 2. The molecule has 7 nitrogen and oxygen atoms in total. The van der Waals surface area contributed by atoms with E-state index >= 15 is 4.39 Å². The lowest BCUT2D eigenvalue weighted by Crippen LogP contribution is -2.53. The van der Waals surface area contributed by atoms with Crippen molar-refractivity contribution < 1.29 is 14.2 Å². The summed E-state index contributed by atoms with van der Waals surface area (Å²) in [6.45, 7) is 1.90. The van der Waals surface area contributed by atoms with E-state index in [0.29, 0.717) is 35.4 Å². The van der Waals surface area contributed by atoms with Crippen molar-refractivity contribution >= 4 is 6.08 Å². The zero-order valence-corrected chi connectivity index (χ0v) is 17.4. The van der Waals surface area contributed by atoms with E-state index in [9.17, 15) is 5.11 Å². The summed E-state index contributed by atoms with van der Waals surface area (Å²) in [5.41, 5.74) is 2.60. The average Bonchev–Trinajstić information content (AvgIpc) is 3.40. The molecule has 0 saturated carbocycles. The molecule has 2 aliphatic heterocycles. The van der Waals surface area contributed by atoms with Crippen LogP contribution in [0.15, 0.2) is 54.9 Å². The number of alkyl halides is 1.